The van der Waals surface area contributed by atoms with Crippen molar-refractivity contribution in [3.63, 3.8) is 0 Å². The Morgan fingerprint density at radius 3 is 2.39 bits per heavy atom. The summed E-state index contributed by atoms with van der Waals surface area (Å²) >= 11 is 1.73. The zero-order chi connectivity index (χ0) is 16.7. The van der Waals surface area contributed by atoms with Crippen molar-refractivity contribution in [2.45, 2.75) is 25.5 Å². The summed E-state index contributed by atoms with van der Waals surface area (Å²) in [5.74, 6) is 0.877. The quantitative estimate of drug-likeness (QED) is 0.826. The van der Waals surface area contributed by atoms with Crippen molar-refractivity contribution in [1.82, 2.24) is 9.80 Å². The molecule has 126 valence electrons. The van der Waals surface area contributed by atoms with Gasteiger partial charge in [-0.1, -0.05) is 63.3 Å². The number of nitrogens with zero attached hydrogens (tertiary/aromatic N) is 2. The van der Waals surface area contributed by atoms with E-state index in [1.54, 1.807) is 11.8 Å². The SMILES string of the molecule is CC(C)(C)SCC(=O)N1CCN(C/C=C/c2ccccc2)CC1. The molecule has 0 saturated carbocycles. The molecule has 1 saturated heterocycles. The maximum absolute atomic E-state index is 12.2. The van der Waals surface area contributed by atoms with Gasteiger partial charge in [-0.25, -0.2) is 0 Å². The number of rotatable bonds is 5. The molecule has 1 amide bonds. The summed E-state index contributed by atoms with van der Waals surface area (Å²) in [7, 11) is 0. The molecule has 1 fully saturated rings. The number of hydrogen-bond acceptors (Lipinski definition) is 3. The zero-order valence-corrected chi connectivity index (χ0v) is 15.3. The van der Waals surface area contributed by atoms with Gasteiger partial charge in [-0.2, -0.15) is 0 Å². The molecule has 3 nitrogen and oxygen atoms in total. The fourth-order valence-corrected chi connectivity index (χ4v) is 3.19. The zero-order valence-electron chi connectivity index (χ0n) is 14.5. The molecule has 0 radical (unpaired) electrons. The number of hydrogen-bond donors (Lipinski definition) is 0. The minimum absolute atomic E-state index is 0.152. The van der Waals surface area contributed by atoms with Gasteiger partial charge in [-0.15, -0.1) is 11.8 Å². The van der Waals surface area contributed by atoms with Crippen molar-refractivity contribution in [2.24, 2.45) is 0 Å². The molecular formula is C19H28N2OS. The van der Waals surface area contributed by atoms with Crippen molar-refractivity contribution in [3.8, 4) is 0 Å². The maximum Gasteiger partial charge on any atom is 0.232 e. The van der Waals surface area contributed by atoms with Crippen molar-refractivity contribution in [1.29, 1.82) is 0 Å². The third-order valence-electron chi connectivity index (χ3n) is 3.83. The van der Waals surface area contributed by atoms with Crippen LogP contribution >= 0.6 is 11.8 Å². The van der Waals surface area contributed by atoms with Crippen molar-refractivity contribution in [3.05, 3.63) is 42.0 Å². The van der Waals surface area contributed by atoms with Crippen LogP contribution in [0, 0.1) is 0 Å². The maximum atomic E-state index is 12.2. The highest BCUT2D eigenvalue weighted by molar-refractivity contribution is 8.01. The van der Waals surface area contributed by atoms with E-state index in [4.69, 9.17) is 0 Å². The Kier molecular flexibility index (Phi) is 6.72. The summed E-state index contributed by atoms with van der Waals surface area (Å²) in [6.07, 6.45) is 4.37. The van der Waals surface area contributed by atoms with Crippen LogP contribution in [-0.4, -0.2) is 58.9 Å². The number of benzene rings is 1. The summed E-state index contributed by atoms with van der Waals surface area (Å²) < 4.78 is 0.152. The van der Waals surface area contributed by atoms with E-state index in [2.05, 4.69) is 62.1 Å². The van der Waals surface area contributed by atoms with Gasteiger partial charge in [0, 0.05) is 37.5 Å². The highest BCUT2D eigenvalue weighted by atomic mass is 32.2. The van der Waals surface area contributed by atoms with Crippen LogP contribution in [-0.2, 0) is 4.79 Å². The third kappa shape index (κ3) is 6.80. The van der Waals surface area contributed by atoms with Gasteiger partial charge in [0.15, 0.2) is 0 Å². The topological polar surface area (TPSA) is 23.6 Å². The minimum atomic E-state index is 0.152. The normalized spacial score (nSPS) is 16.9. The largest absolute Gasteiger partial charge is 0.339 e. The average molecular weight is 333 g/mol. The van der Waals surface area contributed by atoms with Gasteiger partial charge in [0.05, 0.1) is 5.75 Å². The summed E-state index contributed by atoms with van der Waals surface area (Å²) in [4.78, 5) is 16.6. The number of amides is 1. The first-order valence-electron chi connectivity index (χ1n) is 8.30. The fourth-order valence-electron chi connectivity index (χ4n) is 2.45. The lowest BCUT2D eigenvalue weighted by Gasteiger charge is -2.34. The molecule has 0 atom stereocenters. The van der Waals surface area contributed by atoms with Crippen LogP contribution in [0.1, 0.15) is 26.3 Å². The highest BCUT2D eigenvalue weighted by Crippen LogP contribution is 2.23. The van der Waals surface area contributed by atoms with Crippen LogP contribution in [0.5, 0.6) is 0 Å². The van der Waals surface area contributed by atoms with Gasteiger partial charge in [0.25, 0.3) is 0 Å². The van der Waals surface area contributed by atoms with E-state index in [0.717, 1.165) is 32.7 Å². The minimum Gasteiger partial charge on any atom is -0.339 e. The first-order valence-corrected chi connectivity index (χ1v) is 9.28. The van der Waals surface area contributed by atoms with Crippen LogP contribution in [0.25, 0.3) is 6.08 Å². The second kappa shape index (κ2) is 8.55. The number of carbonyl (C=O) groups is 1. The molecular weight excluding hydrogens is 304 g/mol. The van der Waals surface area contributed by atoms with Crippen LogP contribution in [0.3, 0.4) is 0 Å². The molecule has 1 aromatic carbocycles. The molecule has 1 aromatic rings. The smallest absolute Gasteiger partial charge is 0.232 e. The van der Waals surface area contributed by atoms with Crippen LogP contribution in [0.2, 0.25) is 0 Å². The second-order valence-corrected chi connectivity index (χ2v) is 8.70. The van der Waals surface area contributed by atoms with Crippen LogP contribution in [0.15, 0.2) is 36.4 Å². The molecule has 1 aliphatic heterocycles. The molecule has 0 N–H and O–H groups in total. The van der Waals surface area contributed by atoms with Crippen molar-refractivity contribution in [2.75, 3.05) is 38.5 Å². The molecule has 23 heavy (non-hydrogen) atoms. The Hall–Kier alpha value is -1.26. The summed E-state index contributed by atoms with van der Waals surface area (Å²) in [6.45, 7) is 11.0. The van der Waals surface area contributed by atoms with E-state index in [1.807, 2.05) is 11.0 Å². The third-order valence-corrected chi connectivity index (χ3v) is 5.08. The van der Waals surface area contributed by atoms with Crippen LogP contribution in [0.4, 0.5) is 0 Å². The van der Waals surface area contributed by atoms with Gasteiger partial charge in [-0.05, 0) is 5.56 Å². The van der Waals surface area contributed by atoms with Gasteiger partial charge in [0.1, 0.15) is 0 Å². The first kappa shape index (κ1) is 18.1. The molecule has 0 aromatic heterocycles. The Morgan fingerprint density at radius 2 is 1.78 bits per heavy atom. The van der Waals surface area contributed by atoms with E-state index < -0.39 is 0 Å². The fraction of sp³-hybridized carbons (Fsp3) is 0.526. The van der Waals surface area contributed by atoms with Gasteiger partial charge in [0.2, 0.25) is 5.91 Å². The van der Waals surface area contributed by atoms with Gasteiger partial charge < -0.3 is 4.90 Å². The van der Waals surface area contributed by atoms with Crippen molar-refractivity contribution < 1.29 is 4.79 Å². The van der Waals surface area contributed by atoms with E-state index >= 15 is 0 Å². The lowest BCUT2D eigenvalue weighted by atomic mass is 10.2. The summed E-state index contributed by atoms with van der Waals surface area (Å²) in [6, 6.07) is 10.4. The lowest BCUT2D eigenvalue weighted by Crippen LogP contribution is -2.49. The molecule has 0 bridgehead atoms. The monoisotopic (exact) mass is 332 g/mol. The average Bonchev–Trinajstić information content (AvgIpc) is 2.54. The highest BCUT2D eigenvalue weighted by Gasteiger charge is 2.22. The van der Waals surface area contributed by atoms with Crippen LogP contribution < -0.4 is 0 Å². The van der Waals surface area contributed by atoms with Gasteiger partial charge in [-0.3, -0.25) is 9.69 Å². The van der Waals surface area contributed by atoms with E-state index in [9.17, 15) is 4.79 Å². The molecule has 0 spiro atoms. The Bertz CT molecular complexity index is 514. The van der Waals surface area contributed by atoms with Crippen molar-refractivity contribution >= 4 is 23.7 Å². The standard InChI is InChI=1S/C19H28N2OS/c1-19(2,3)23-16-18(22)21-14-12-20(13-15-21)11-7-10-17-8-5-4-6-9-17/h4-10H,11-16H2,1-3H3/b10-7+. The molecule has 0 unspecified atom stereocenters. The van der Waals surface area contributed by atoms with E-state index in [1.165, 1.54) is 5.56 Å². The molecule has 2 rings (SSSR count). The molecule has 1 heterocycles. The first-order chi connectivity index (χ1) is 10.9. The lowest BCUT2D eigenvalue weighted by molar-refractivity contribution is -0.130. The van der Waals surface area contributed by atoms with E-state index in [-0.39, 0.29) is 10.7 Å². The predicted octanol–water partition coefficient (Wildman–Crippen LogP) is 3.38. The van der Waals surface area contributed by atoms with Gasteiger partial charge >= 0.3 is 0 Å². The Balaban J connectivity index is 1.69. The predicted molar refractivity (Wildman–Crippen MR) is 101 cm³/mol. The summed E-state index contributed by atoms with van der Waals surface area (Å²) in [5, 5.41) is 0. The number of carbonyl (C=O) groups excluding carboxylic acids is 1. The number of piperazine rings is 1. The molecule has 4 heteroatoms. The Morgan fingerprint density at radius 1 is 1.13 bits per heavy atom. The number of thioether (sulfide) groups is 1. The van der Waals surface area contributed by atoms with E-state index in [0.29, 0.717) is 5.75 Å². The Labute approximate surface area is 144 Å². The second-order valence-electron chi connectivity index (χ2n) is 6.90. The molecule has 0 aliphatic carbocycles. The molecule has 1 aliphatic rings. The summed E-state index contributed by atoms with van der Waals surface area (Å²) in [5.41, 5.74) is 1.24.